The lowest BCUT2D eigenvalue weighted by Crippen LogP contribution is -2.61. The van der Waals surface area contributed by atoms with Crippen LogP contribution in [0.5, 0.6) is 0 Å². The SMILES string of the molecule is COC(=O)c1c(C)cc(N2CCN(C(=O)c3ccc4c(Br)cn(CC(C)C)c4n3)C(C)(C)C2)nc1C. The van der Waals surface area contributed by atoms with Gasteiger partial charge in [-0.1, -0.05) is 13.8 Å². The van der Waals surface area contributed by atoms with E-state index in [-0.39, 0.29) is 11.9 Å². The third-order valence-corrected chi connectivity index (χ3v) is 7.33. The molecular formula is C27H34BrN5O3. The fourth-order valence-electron chi connectivity index (χ4n) is 5.02. The third kappa shape index (κ3) is 4.85. The number of piperazine rings is 1. The van der Waals surface area contributed by atoms with Crippen LogP contribution in [-0.2, 0) is 11.3 Å². The molecule has 1 amide bonds. The second-order valence-electron chi connectivity index (χ2n) is 10.5. The Bertz CT molecular complexity index is 1310. The van der Waals surface area contributed by atoms with Gasteiger partial charge in [-0.25, -0.2) is 14.8 Å². The number of carbonyl (C=O) groups excluding carboxylic acids is 2. The molecule has 36 heavy (non-hydrogen) atoms. The summed E-state index contributed by atoms with van der Waals surface area (Å²) in [7, 11) is 1.38. The van der Waals surface area contributed by atoms with Crippen LogP contribution in [0.4, 0.5) is 5.82 Å². The Morgan fingerprint density at radius 2 is 1.89 bits per heavy atom. The summed E-state index contributed by atoms with van der Waals surface area (Å²) in [4.78, 5) is 39.4. The predicted molar refractivity (Wildman–Crippen MR) is 145 cm³/mol. The van der Waals surface area contributed by atoms with Crippen LogP contribution in [0.1, 0.15) is 59.8 Å². The molecule has 4 heterocycles. The number of aryl methyl sites for hydroxylation is 2. The van der Waals surface area contributed by atoms with Crippen molar-refractivity contribution in [2.24, 2.45) is 5.92 Å². The van der Waals surface area contributed by atoms with Gasteiger partial charge in [0.2, 0.25) is 0 Å². The van der Waals surface area contributed by atoms with Crippen molar-refractivity contribution >= 4 is 44.7 Å². The van der Waals surface area contributed by atoms with Crippen LogP contribution in [0.25, 0.3) is 11.0 Å². The third-order valence-electron chi connectivity index (χ3n) is 6.70. The number of hydrogen-bond acceptors (Lipinski definition) is 6. The number of ether oxygens (including phenoxy) is 1. The van der Waals surface area contributed by atoms with E-state index < -0.39 is 5.54 Å². The zero-order chi connectivity index (χ0) is 26.4. The van der Waals surface area contributed by atoms with Crippen molar-refractivity contribution in [1.29, 1.82) is 0 Å². The van der Waals surface area contributed by atoms with Crippen LogP contribution >= 0.6 is 15.9 Å². The zero-order valence-electron chi connectivity index (χ0n) is 22.1. The van der Waals surface area contributed by atoms with Crippen LogP contribution in [0.3, 0.4) is 0 Å². The molecule has 0 aromatic carbocycles. The highest BCUT2D eigenvalue weighted by atomic mass is 79.9. The molecule has 3 aromatic heterocycles. The van der Waals surface area contributed by atoms with Crippen molar-refractivity contribution in [3.05, 3.63) is 51.4 Å². The van der Waals surface area contributed by atoms with Crippen molar-refractivity contribution in [2.45, 2.75) is 53.6 Å². The molecule has 4 rings (SSSR count). The number of rotatable bonds is 5. The van der Waals surface area contributed by atoms with E-state index in [0.717, 1.165) is 33.4 Å². The molecule has 1 saturated heterocycles. The maximum absolute atomic E-state index is 13.7. The van der Waals surface area contributed by atoms with Crippen molar-refractivity contribution in [3.8, 4) is 0 Å². The summed E-state index contributed by atoms with van der Waals surface area (Å²) in [5.74, 6) is 0.809. The monoisotopic (exact) mass is 555 g/mol. The highest BCUT2D eigenvalue weighted by Crippen LogP contribution is 2.30. The van der Waals surface area contributed by atoms with E-state index in [9.17, 15) is 9.59 Å². The summed E-state index contributed by atoms with van der Waals surface area (Å²) in [5.41, 5.74) is 2.79. The van der Waals surface area contributed by atoms with Gasteiger partial charge in [-0.2, -0.15) is 0 Å². The van der Waals surface area contributed by atoms with E-state index in [2.05, 4.69) is 53.1 Å². The number of methoxy groups -OCH3 is 1. The maximum Gasteiger partial charge on any atom is 0.339 e. The lowest BCUT2D eigenvalue weighted by Gasteiger charge is -2.47. The minimum atomic E-state index is -0.447. The largest absolute Gasteiger partial charge is 0.465 e. The molecule has 192 valence electrons. The van der Waals surface area contributed by atoms with Gasteiger partial charge < -0.3 is 19.1 Å². The molecule has 0 spiro atoms. The van der Waals surface area contributed by atoms with Crippen LogP contribution in [-0.4, -0.2) is 63.6 Å². The van der Waals surface area contributed by atoms with Gasteiger partial charge >= 0.3 is 5.97 Å². The molecule has 9 heteroatoms. The van der Waals surface area contributed by atoms with Gasteiger partial charge in [0, 0.05) is 42.2 Å². The first-order valence-corrected chi connectivity index (χ1v) is 13.0. The van der Waals surface area contributed by atoms with E-state index in [0.29, 0.717) is 42.5 Å². The van der Waals surface area contributed by atoms with Crippen molar-refractivity contribution < 1.29 is 14.3 Å². The van der Waals surface area contributed by atoms with E-state index in [4.69, 9.17) is 14.7 Å². The second kappa shape index (κ2) is 9.84. The Morgan fingerprint density at radius 3 is 2.50 bits per heavy atom. The van der Waals surface area contributed by atoms with Gasteiger partial charge in [0.1, 0.15) is 17.2 Å². The van der Waals surface area contributed by atoms with Crippen molar-refractivity contribution in [1.82, 2.24) is 19.4 Å². The predicted octanol–water partition coefficient (Wildman–Crippen LogP) is 4.99. The number of nitrogens with zero attached hydrogens (tertiary/aromatic N) is 5. The molecule has 1 aliphatic heterocycles. The molecule has 0 bridgehead atoms. The number of fused-ring (bicyclic) bond motifs is 1. The van der Waals surface area contributed by atoms with Crippen LogP contribution in [0.2, 0.25) is 0 Å². The summed E-state index contributed by atoms with van der Waals surface area (Å²) in [6.07, 6.45) is 2.04. The fourth-order valence-corrected chi connectivity index (χ4v) is 5.58. The Hall–Kier alpha value is -2.94. The van der Waals surface area contributed by atoms with Gasteiger partial charge in [-0.05, 0) is 73.3 Å². The highest BCUT2D eigenvalue weighted by molar-refractivity contribution is 9.10. The number of aromatic nitrogens is 3. The maximum atomic E-state index is 13.7. The Kier molecular flexibility index (Phi) is 7.14. The molecule has 0 saturated carbocycles. The number of hydrogen-bond donors (Lipinski definition) is 0. The molecule has 0 unspecified atom stereocenters. The smallest absolute Gasteiger partial charge is 0.339 e. The highest BCUT2D eigenvalue weighted by Gasteiger charge is 2.38. The molecule has 0 N–H and O–H groups in total. The average molecular weight is 557 g/mol. The quantitative estimate of drug-likeness (QED) is 0.412. The topological polar surface area (TPSA) is 80.6 Å². The summed E-state index contributed by atoms with van der Waals surface area (Å²) in [5, 5.41) is 1.00. The van der Waals surface area contributed by atoms with E-state index in [1.54, 1.807) is 0 Å². The van der Waals surface area contributed by atoms with Gasteiger partial charge in [0.05, 0.1) is 23.9 Å². The Morgan fingerprint density at radius 1 is 1.17 bits per heavy atom. The summed E-state index contributed by atoms with van der Waals surface area (Å²) in [6.45, 7) is 14.8. The summed E-state index contributed by atoms with van der Waals surface area (Å²) in [6, 6.07) is 5.71. The van der Waals surface area contributed by atoms with E-state index in [1.165, 1.54) is 7.11 Å². The lowest BCUT2D eigenvalue weighted by atomic mass is 9.97. The number of pyridine rings is 2. The lowest BCUT2D eigenvalue weighted by molar-refractivity contribution is 0.0506. The summed E-state index contributed by atoms with van der Waals surface area (Å²) < 4.78 is 8.00. The molecule has 0 aliphatic carbocycles. The minimum absolute atomic E-state index is 0.0728. The summed E-state index contributed by atoms with van der Waals surface area (Å²) >= 11 is 3.63. The number of anilines is 1. The fraction of sp³-hybridized carbons (Fsp3) is 0.481. The second-order valence-corrected chi connectivity index (χ2v) is 11.4. The number of amides is 1. The zero-order valence-corrected chi connectivity index (χ0v) is 23.6. The van der Waals surface area contributed by atoms with Crippen LogP contribution < -0.4 is 4.90 Å². The molecule has 3 aromatic rings. The van der Waals surface area contributed by atoms with E-state index in [1.807, 2.05) is 43.1 Å². The van der Waals surface area contributed by atoms with Gasteiger partial charge in [0.25, 0.3) is 5.91 Å². The number of esters is 1. The Balaban J connectivity index is 1.58. The number of carbonyl (C=O) groups is 2. The van der Waals surface area contributed by atoms with Crippen LogP contribution in [0, 0.1) is 19.8 Å². The molecular weight excluding hydrogens is 522 g/mol. The van der Waals surface area contributed by atoms with Crippen LogP contribution in [0.15, 0.2) is 28.9 Å². The van der Waals surface area contributed by atoms with Gasteiger partial charge in [0.15, 0.2) is 0 Å². The molecule has 1 fully saturated rings. The van der Waals surface area contributed by atoms with Crippen molar-refractivity contribution in [2.75, 3.05) is 31.6 Å². The standard InChI is InChI=1S/C27H34BrN5O3/c1-16(2)13-32-14-20(28)19-8-9-21(30-24(19)32)25(34)33-11-10-31(15-27(33,5)6)22-12-17(3)23(18(4)29-22)26(35)36-7/h8-9,12,14,16H,10-11,13,15H2,1-7H3. The first kappa shape index (κ1) is 26.1. The average Bonchev–Trinajstić information content (AvgIpc) is 3.11. The van der Waals surface area contributed by atoms with Gasteiger partial charge in [-0.3, -0.25) is 4.79 Å². The van der Waals surface area contributed by atoms with Gasteiger partial charge in [-0.15, -0.1) is 0 Å². The number of halogens is 1. The molecule has 0 radical (unpaired) electrons. The van der Waals surface area contributed by atoms with E-state index >= 15 is 0 Å². The molecule has 8 nitrogen and oxygen atoms in total. The first-order valence-electron chi connectivity index (χ1n) is 12.2. The van der Waals surface area contributed by atoms with Crippen molar-refractivity contribution in [3.63, 3.8) is 0 Å². The molecule has 1 aliphatic rings. The normalized spacial score (nSPS) is 15.6. The molecule has 0 atom stereocenters. The first-order chi connectivity index (χ1) is 16.9. The minimum Gasteiger partial charge on any atom is -0.465 e. The Labute approximate surface area is 220 Å².